The fraction of sp³-hybridized carbons (Fsp3) is 0.182. The molecule has 5 rings (SSSR count). The Hall–Kier alpha value is -2.72. The highest BCUT2D eigenvalue weighted by Crippen LogP contribution is 2.31. The minimum absolute atomic E-state index is 0.165. The number of carbonyl (C=O) groups is 1. The molecule has 1 aliphatic heterocycles. The number of nitrogens with one attached hydrogen (secondary N) is 1. The molecule has 1 aliphatic rings. The molecule has 1 saturated heterocycles. The highest BCUT2D eigenvalue weighted by molar-refractivity contribution is 7.91. The minimum Gasteiger partial charge on any atom is -0.383 e. The standard InChI is InChI=1S/C22H19ClN4O3S2/c23-16-4-3-15-10-20(31-19(15)11-16)32(29,30)26-18-6-8-27(22(18)28)12-13-1-2-14-5-7-25-21(24)17(14)9-13/h1-5,7,9-11,18,26H,6,8,12H2,(H2,24,25)/t18-/m0/s1. The number of hydrogen-bond acceptors (Lipinski definition) is 6. The smallest absolute Gasteiger partial charge is 0.250 e. The Morgan fingerprint density at radius 2 is 1.97 bits per heavy atom. The Labute approximate surface area is 193 Å². The number of benzene rings is 2. The molecule has 10 heteroatoms. The lowest BCUT2D eigenvalue weighted by Crippen LogP contribution is -2.41. The molecule has 3 heterocycles. The zero-order valence-electron chi connectivity index (χ0n) is 16.8. The molecule has 2 aromatic heterocycles. The molecule has 3 N–H and O–H groups in total. The molecule has 0 bridgehead atoms. The zero-order chi connectivity index (χ0) is 22.5. The third-order valence-electron chi connectivity index (χ3n) is 5.55. The first-order valence-electron chi connectivity index (χ1n) is 9.93. The van der Waals surface area contributed by atoms with Crippen LogP contribution >= 0.6 is 22.9 Å². The van der Waals surface area contributed by atoms with E-state index in [0.29, 0.717) is 30.4 Å². The van der Waals surface area contributed by atoms with Crippen molar-refractivity contribution in [2.24, 2.45) is 0 Å². The minimum atomic E-state index is -3.83. The molecule has 0 aliphatic carbocycles. The average Bonchev–Trinajstić information content (AvgIpc) is 3.33. The molecule has 1 amide bonds. The van der Waals surface area contributed by atoms with Gasteiger partial charge < -0.3 is 10.6 Å². The van der Waals surface area contributed by atoms with Crippen LogP contribution < -0.4 is 10.5 Å². The monoisotopic (exact) mass is 486 g/mol. The third kappa shape index (κ3) is 3.93. The molecular weight excluding hydrogens is 468 g/mol. The summed E-state index contributed by atoms with van der Waals surface area (Å²) in [5, 5.41) is 3.15. The number of nitrogen functional groups attached to an aromatic ring is 1. The fourth-order valence-corrected chi connectivity index (χ4v) is 6.83. The Bertz CT molecular complexity index is 1470. The van der Waals surface area contributed by atoms with Gasteiger partial charge in [0.2, 0.25) is 5.91 Å². The van der Waals surface area contributed by atoms with Crippen molar-refractivity contribution in [2.75, 3.05) is 12.3 Å². The van der Waals surface area contributed by atoms with Gasteiger partial charge in [0.25, 0.3) is 10.0 Å². The van der Waals surface area contributed by atoms with E-state index in [1.165, 1.54) is 0 Å². The number of halogens is 1. The van der Waals surface area contributed by atoms with Crippen molar-refractivity contribution >= 4 is 65.5 Å². The fourth-order valence-electron chi connectivity index (χ4n) is 3.92. The van der Waals surface area contributed by atoms with Crippen molar-refractivity contribution in [3.8, 4) is 0 Å². The summed E-state index contributed by atoms with van der Waals surface area (Å²) in [6, 6.07) is 13.7. The number of rotatable bonds is 5. The molecule has 7 nitrogen and oxygen atoms in total. The summed E-state index contributed by atoms with van der Waals surface area (Å²) in [4.78, 5) is 18.7. The summed E-state index contributed by atoms with van der Waals surface area (Å²) < 4.78 is 29.3. The number of carbonyl (C=O) groups excluding carboxylic acids is 1. The number of pyridine rings is 1. The van der Waals surface area contributed by atoms with Crippen LogP contribution in [-0.2, 0) is 21.4 Å². The number of amides is 1. The third-order valence-corrected chi connectivity index (χ3v) is 8.83. The molecule has 32 heavy (non-hydrogen) atoms. The Morgan fingerprint density at radius 1 is 1.16 bits per heavy atom. The largest absolute Gasteiger partial charge is 0.383 e. The summed E-state index contributed by atoms with van der Waals surface area (Å²) in [5.74, 6) is 0.198. The number of nitrogens with two attached hydrogens (primary N) is 1. The number of sulfonamides is 1. The molecule has 0 radical (unpaired) electrons. The molecule has 0 saturated carbocycles. The van der Waals surface area contributed by atoms with E-state index < -0.39 is 16.1 Å². The van der Waals surface area contributed by atoms with Gasteiger partial charge in [0.15, 0.2) is 0 Å². The van der Waals surface area contributed by atoms with E-state index >= 15 is 0 Å². The first-order valence-corrected chi connectivity index (χ1v) is 12.6. The lowest BCUT2D eigenvalue weighted by Gasteiger charge is -2.17. The predicted octanol–water partition coefficient (Wildman–Crippen LogP) is 3.76. The van der Waals surface area contributed by atoms with Gasteiger partial charge in [-0.05, 0) is 53.1 Å². The first kappa shape index (κ1) is 21.1. The highest BCUT2D eigenvalue weighted by atomic mass is 35.5. The van der Waals surface area contributed by atoms with E-state index in [-0.39, 0.29) is 10.1 Å². The molecule has 0 unspecified atom stereocenters. The number of anilines is 1. The summed E-state index contributed by atoms with van der Waals surface area (Å²) in [6.07, 6.45) is 2.06. The second kappa shape index (κ2) is 8.00. The van der Waals surface area contributed by atoms with E-state index in [4.69, 9.17) is 17.3 Å². The van der Waals surface area contributed by atoms with Crippen LogP contribution in [0.1, 0.15) is 12.0 Å². The molecular formula is C22H19ClN4O3S2. The summed E-state index contributed by atoms with van der Waals surface area (Å²) in [7, 11) is -3.83. The maximum atomic E-state index is 12.9. The van der Waals surface area contributed by atoms with E-state index in [0.717, 1.165) is 37.8 Å². The Morgan fingerprint density at radius 3 is 2.81 bits per heavy atom. The van der Waals surface area contributed by atoms with Crippen molar-refractivity contribution in [3.63, 3.8) is 0 Å². The van der Waals surface area contributed by atoms with Gasteiger partial charge in [0.05, 0.1) is 0 Å². The van der Waals surface area contributed by atoms with Gasteiger partial charge in [-0.25, -0.2) is 13.4 Å². The summed E-state index contributed by atoms with van der Waals surface area (Å²) in [6.45, 7) is 0.845. The SMILES string of the molecule is Nc1nccc2ccc(CN3CC[C@H](NS(=O)(=O)c4cc5ccc(Cl)cc5s4)C3=O)cc12. The highest BCUT2D eigenvalue weighted by Gasteiger charge is 2.35. The first-order chi connectivity index (χ1) is 15.3. The maximum absolute atomic E-state index is 12.9. The van der Waals surface area contributed by atoms with Gasteiger partial charge in [-0.15, -0.1) is 11.3 Å². The van der Waals surface area contributed by atoms with Crippen LogP contribution in [0.4, 0.5) is 5.82 Å². The predicted molar refractivity (Wildman–Crippen MR) is 127 cm³/mol. The van der Waals surface area contributed by atoms with Gasteiger partial charge in [-0.3, -0.25) is 4.79 Å². The van der Waals surface area contributed by atoms with Gasteiger partial charge in [-0.1, -0.05) is 29.8 Å². The van der Waals surface area contributed by atoms with Gasteiger partial charge in [-0.2, -0.15) is 4.72 Å². The van der Waals surface area contributed by atoms with Crippen molar-refractivity contribution in [1.29, 1.82) is 0 Å². The van der Waals surface area contributed by atoms with E-state index in [9.17, 15) is 13.2 Å². The molecule has 1 atom stereocenters. The van der Waals surface area contributed by atoms with Crippen LogP contribution in [0.25, 0.3) is 20.9 Å². The van der Waals surface area contributed by atoms with Gasteiger partial charge in [0.1, 0.15) is 16.1 Å². The van der Waals surface area contributed by atoms with E-state index in [1.54, 1.807) is 35.4 Å². The van der Waals surface area contributed by atoms with Crippen LogP contribution in [0.3, 0.4) is 0 Å². The normalized spacial score (nSPS) is 17.0. The topological polar surface area (TPSA) is 105 Å². The number of thiophene rings is 1. The van der Waals surface area contributed by atoms with Crippen LogP contribution in [-0.4, -0.2) is 36.8 Å². The molecule has 164 valence electrons. The van der Waals surface area contributed by atoms with E-state index in [1.807, 2.05) is 24.3 Å². The lowest BCUT2D eigenvalue weighted by atomic mass is 10.1. The van der Waals surface area contributed by atoms with Crippen molar-refractivity contribution < 1.29 is 13.2 Å². The second-order valence-corrected chi connectivity index (χ2v) is 11.2. The molecule has 0 spiro atoms. The van der Waals surface area contributed by atoms with Crippen LogP contribution in [0.2, 0.25) is 5.02 Å². The summed E-state index contributed by atoms with van der Waals surface area (Å²) >= 11 is 7.13. The average molecular weight is 487 g/mol. The van der Waals surface area contributed by atoms with E-state index in [2.05, 4.69) is 9.71 Å². The van der Waals surface area contributed by atoms with Gasteiger partial charge in [0, 0.05) is 34.4 Å². The van der Waals surface area contributed by atoms with Crippen molar-refractivity contribution in [3.05, 3.63) is 65.3 Å². The number of hydrogen-bond donors (Lipinski definition) is 2. The van der Waals surface area contributed by atoms with Crippen LogP contribution in [0.5, 0.6) is 0 Å². The number of nitrogens with zero attached hydrogens (tertiary/aromatic N) is 2. The molecule has 4 aromatic rings. The second-order valence-electron chi connectivity index (χ2n) is 7.72. The Kier molecular flexibility index (Phi) is 5.29. The van der Waals surface area contributed by atoms with Crippen LogP contribution in [0, 0.1) is 0 Å². The number of aromatic nitrogens is 1. The van der Waals surface area contributed by atoms with Crippen molar-refractivity contribution in [1.82, 2.24) is 14.6 Å². The molecule has 2 aromatic carbocycles. The number of fused-ring (bicyclic) bond motifs is 2. The number of likely N-dealkylation sites (tertiary alicyclic amines) is 1. The summed E-state index contributed by atoms with van der Waals surface area (Å²) in [5.41, 5.74) is 6.88. The molecule has 1 fully saturated rings. The maximum Gasteiger partial charge on any atom is 0.250 e. The quantitative estimate of drug-likeness (QED) is 0.446. The lowest BCUT2D eigenvalue weighted by molar-refractivity contribution is -0.129. The zero-order valence-corrected chi connectivity index (χ0v) is 19.2. The Balaban J connectivity index is 1.32. The van der Waals surface area contributed by atoms with Crippen molar-refractivity contribution in [2.45, 2.75) is 23.2 Å². The van der Waals surface area contributed by atoms with Gasteiger partial charge >= 0.3 is 0 Å². The van der Waals surface area contributed by atoms with Crippen LogP contribution in [0.15, 0.2) is 58.9 Å².